The number of hydrogen-bond acceptors (Lipinski definition) is 2. The summed E-state index contributed by atoms with van der Waals surface area (Å²) in [4.78, 5) is 0. The molecule has 0 radical (unpaired) electrons. The highest BCUT2D eigenvalue weighted by Gasteiger charge is 2.25. The molecule has 0 aliphatic carbocycles. The lowest BCUT2D eigenvalue weighted by Crippen LogP contribution is -2.37. The van der Waals surface area contributed by atoms with Crippen molar-refractivity contribution in [3.05, 3.63) is 0 Å². The standard InChI is InChI=1S/C12H27NO/c1-10(2)7-13-9-12(4,5)11(3)8-14-6/h10-11,13H,7-9H2,1-6H3. The summed E-state index contributed by atoms with van der Waals surface area (Å²) in [6, 6.07) is 0. The monoisotopic (exact) mass is 201 g/mol. The summed E-state index contributed by atoms with van der Waals surface area (Å²) in [5.74, 6) is 1.32. The number of ether oxygens (including phenoxy) is 1. The van der Waals surface area contributed by atoms with Crippen molar-refractivity contribution in [2.24, 2.45) is 17.3 Å². The van der Waals surface area contributed by atoms with Gasteiger partial charge in [0.1, 0.15) is 0 Å². The molecule has 1 atom stereocenters. The molecule has 1 N–H and O–H groups in total. The molecule has 0 amide bonds. The molecule has 86 valence electrons. The molecule has 14 heavy (non-hydrogen) atoms. The SMILES string of the molecule is COCC(C)C(C)(C)CNCC(C)C. The third kappa shape index (κ3) is 5.61. The summed E-state index contributed by atoms with van der Waals surface area (Å²) >= 11 is 0. The van der Waals surface area contributed by atoms with E-state index in [9.17, 15) is 0 Å². The van der Waals surface area contributed by atoms with Crippen LogP contribution in [0, 0.1) is 17.3 Å². The maximum absolute atomic E-state index is 5.19. The van der Waals surface area contributed by atoms with Crippen LogP contribution in [0.3, 0.4) is 0 Å². The van der Waals surface area contributed by atoms with Gasteiger partial charge in [0.2, 0.25) is 0 Å². The Hall–Kier alpha value is -0.0800. The minimum atomic E-state index is 0.310. The van der Waals surface area contributed by atoms with E-state index in [4.69, 9.17) is 4.74 Å². The number of methoxy groups -OCH3 is 1. The molecule has 0 aromatic heterocycles. The van der Waals surface area contributed by atoms with E-state index in [1.54, 1.807) is 7.11 Å². The van der Waals surface area contributed by atoms with Crippen LogP contribution in [-0.4, -0.2) is 26.8 Å². The molecule has 0 aromatic rings. The van der Waals surface area contributed by atoms with Crippen LogP contribution >= 0.6 is 0 Å². The van der Waals surface area contributed by atoms with E-state index in [-0.39, 0.29) is 0 Å². The lowest BCUT2D eigenvalue weighted by molar-refractivity contribution is 0.0905. The fourth-order valence-corrected chi connectivity index (χ4v) is 1.33. The van der Waals surface area contributed by atoms with Gasteiger partial charge in [0.05, 0.1) is 0 Å². The second-order valence-electron chi connectivity index (χ2n) is 5.37. The summed E-state index contributed by atoms with van der Waals surface area (Å²) in [5.41, 5.74) is 0.310. The molecule has 0 fully saturated rings. The van der Waals surface area contributed by atoms with Crippen molar-refractivity contribution in [2.75, 3.05) is 26.8 Å². The quantitative estimate of drug-likeness (QED) is 0.683. The van der Waals surface area contributed by atoms with E-state index in [2.05, 4.69) is 39.9 Å². The maximum atomic E-state index is 5.19. The molecular weight excluding hydrogens is 174 g/mol. The Morgan fingerprint density at radius 3 is 2.21 bits per heavy atom. The zero-order chi connectivity index (χ0) is 11.2. The van der Waals surface area contributed by atoms with E-state index >= 15 is 0 Å². The van der Waals surface area contributed by atoms with Crippen LogP contribution in [0.2, 0.25) is 0 Å². The van der Waals surface area contributed by atoms with Crippen molar-refractivity contribution in [3.63, 3.8) is 0 Å². The molecule has 0 saturated carbocycles. The molecule has 0 aromatic carbocycles. The first kappa shape index (κ1) is 13.9. The fourth-order valence-electron chi connectivity index (χ4n) is 1.33. The van der Waals surface area contributed by atoms with Crippen LogP contribution in [0.4, 0.5) is 0 Å². The van der Waals surface area contributed by atoms with Gasteiger partial charge in [-0.3, -0.25) is 0 Å². The Kier molecular flexibility index (Phi) is 6.38. The number of hydrogen-bond donors (Lipinski definition) is 1. The molecule has 2 nitrogen and oxygen atoms in total. The van der Waals surface area contributed by atoms with E-state index in [0.717, 1.165) is 25.6 Å². The third-order valence-corrected chi connectivity index (χ3v) is 2.88. The van der Waals surface area contributed by atoms with Crippen molar-refractivity contribution in [1.29, 1.82) is 0 Å². The van der Waals surface area contributed by atoms with Gasteiger partial charge in [-0.2, -0.15) is 0 Å². The summed E-state index contributed by atoms with van der Waals surface area (Å²) in [6.07, 6.45) is 0. The second-order valence-corrected chi connectivity index (χ2v) is 5.37. The van der Waals surface area contributed by atoms with Crippen molar-refractivity contribution in [3.8, 4) is 0 Å². The predicted molar refractivity (Wildman–Crippen MR) is 62.5 cm³/mol. The third-order valence-electron chi connectivity index (χ3n) is 2.88. The minimum absolute atomic E-state index is 0.310. The second kappa shape index (κ2) is 6.41. The largest absolute Gasteiger partial charge is 0.384 e. The van der Waals surface area contributed by atoms with E-state index < -0.39 is 0 Å². The Bertz CT molecular complexity index is 143. The average molecular weight is 201 g/mol. The summed E-state index contributed by atoms with van der Waals surface area (Å²) in [5, 5.41) is 3.51. The molecule has 0 bridgehead atoms. The molecule has 0 aliphatic heterocycles. The number of rotatable bonds is 7. The lowest BCUT2D eigenvalue weighted by atomic mass is 9.80. The van der Waals surface area contributed by atoms with Crippen LogP contribution in [0.25, 0.3) is 0 Å². The van der Waals surface area contributed by atoms with Crippen LogP contribution in [0.15, 0.2) is 0 Å². The van der Waals surface area contributed by atoms with Gasteiger partial charge in [-0.25, -0.2) is 0 Å². The minimum Gasteiger partial charge on any atom is -0.384 e. The molecule has 0 saturated heterocycles. The molecule has 0 rings (SSSR count). The maximum Gasteiger partial charge on any atom is 0.0493 e. The Balaban J connectivity index is 3.81. The van der Waals surface area contributed by atoms with Gasteiger partial charge in [0.15, 0.2) is 0 Å². The predicted octanol–water partition coefficient (Wildman–Crippen LogP) is 2.54. The zero-order valence-corrected chi connectivity index (χ0v) is 10.7. The highest BCUT2D eigenvalue weighted by molar-refractivity contribution is 4.77. The topological polar surface area (TPSA) is 21.3 Å². The van der Waals surface area contributed by atoms with Crippen LogP contribution in [0.5, 0.6) is 0 Å². The van der Waals surface area contributed by atoms with Gasteiger partial charge in [0.25, 0.3) is 0 Å². The van der Waals surface area contributed by atoms with Crippen molar-refractivity contribution >= 4 is 0 Å². The first-order chi connectivity index (χ1) is 6.40. The Labute approximate surface area is 89.4 Å². The Morgan fingerprint density at radius 2 is 1.79 bits per heavy atom. The lowest BCUT2D eigenvalue weighted by Gasteiger charge is -2.32. The first-order valence-corrected chi connectivity index (χ1v) is 5.59. The fraction of sp³-hybridized carbons (Fsp3) is 1.00. The van der Waals surface area contributed by atoms with Crippen LogP contribution in [-0.2, 0) is 4.74 Å². The molecular formula is C12H27NO. The van der Waals surface area contributed by atoms with Gasteiger partial charge in [0, 0.05) is 20.3 Å². The van der Waals surface area contributed by atoms with Gasteiger partial charge in [-0.1, -0.05) is 34.6 Å². The number of nitrogens with one attached hydrogen (secondary N) is 1. The van der Waals surface area contributed by atoms with Crippen LogP contribution < -0.4 is 5.32 Å². The van der Waals surface area contributed by atoms with Crippen LogP contribution in [0.1, 0.15) is 34.6 Å². The molecule has 0 aliphatic rings. The zero-order valence-electron chi connectivity index (χ0n) is 10.7. The first-order valence-electron chi connectivity index (χ1n) is 5.59. The van der Waals surface area contributed by atoms with Crippen molar-refractivity contribution in [1.82, 2.24) is 5.32 Å². The van der Waals surface area contributed by atoms with E-state index in [1.807, 2.05) is 0 Å². The van der Waals surface area contributed by atoms with Crippen molar-refractivity contribution < 1.29 is 4.74 Å². The molecule has 0 spiro atoms. The van der Waals surface area contributed by atoms with Gasteiger partial charge in [-0.05, 0) is 23.8 Å². The Morgan fingerprint density at radius 1 is 1.21 bits per heavy atom. The van der Waals surface area contributed by atoms with Gasteiger partial charge >= 0.3 is 0 Å². The summed E-state index contributed by atoms with van der Waals surface area (Å²) in [7, 11) is 1.77. The van der Waals surface area contributed by atoms with E-state index in [1.165, 1.54) is 0 Å². The van der Waals surface area contributed by atoms with Gasteiger partial charge in [-0.15, -0.1) is 0 Å². The van der Waals surface area contributed by atoms with E-state index in [0.29, 0.717) is 11.3 Å². The normalized spacial score (nSPS) is 14.8. The average Bonchev–Trinajstić information content (AvgIpc) is 2.03. The van der Waals surface area contributed by atoms with Gasteiger partial charge < -0.3 is 10.1 Å². The molecule has 1 unspecified atom stereocenters. The summed E-state index contributed by atoms with van der Waals surface area (Å²) < 4.78 is 5.19. The molecule has 0 heterocycles. The smallest absolute Gasteiger partial charge is 0.0493 e. The summed E-state index contributed by atoms with van der Waals surface area (Å²) in [6.45, 7) is 14.3. The van der Waals surface area contributed by atoms with Crippen molar-refractivity contribution in [2.45, 2.75) is 34.6 Å². The molecule has 2 heteroatoms. The highest BCUT2D eigenvalue weighted by Crippen LogP contribution is 2.25. The highest BCUT2D eigenvalue weighted by atomic mass is 16.5.